The number of rotatable bonds is 11. The number of carbonyl (C=O) groups excluding carboxylic acids is 4. The van der Waals surface area contributed by atoms with E-state index in [-0.39, 0.29) is 42.5 Å². The molecule has 0 aromatic heterocycles. The van der Waals surface area contributed by atoms with Crippen molar-refractivity contribution < 1.29 is 23.9 Å². The number of esters is 1. The fourth-order valence-electron chi connectivity index (χ4n) is 5.87. The molecule has 2 aromatic carbocycles. The van der Waals surface area contributed by atoms with Crippen molar-refractivity contribution in [1.82, 2.24) is 4.90 Å². The quantitative estimate of drug-likeness (QED) is 0.135. The van der Waals surface area contributed by atoms with E-state index in [9.17, 15) is 19.2 Å². The molecule has 44 heavy (non-hydrogen) atoms. The van der Waals surface area contributed by atoms with E-state index in [1.165, 1.54) is 40.8 Å². The van der Waals surface area contributed by atoms with Gasteiger partial charge in [-0.3, -0.25) is 24.1 Å². The molecule has 0 bridgehead atoms. The predicted molar refractivity (Wildman–Crippen MR) is 185 cm³/mol. The van der Waals surface area contributed by atoms with Crippen molar-refractivity contribution in [2.24, 2.45) is 0 Å². The van der Waals surface area contributed by atoms with Gasteiger partial charge in [0.1, 0.15) is 12.4 Å². The van der Waals surface area contributed by atoms with E-state index < -0.39 is 0 Å². The number of ether oxygens (including phenoxy) is 1. The molecule has 6 nitrogen and oxygen atoms in total. The fourth-order valence-corrected chi connectivity index (χ4v) is 12.8. The molecule has 234 valence electrons. The van der Waals surface area contributed by atoms with Crippen LogP contribution in [0.15, 0.2) is 60.7 Å². The van der Waals surface area contributed by atoms with Gasteiger partial charge in [-0.05, 0) is 47.9 Å². The molecule has 4 unspecified atom stereocenters. The smallest absolute Gasteiger partial charge is 0.306 e. The minimum atomic E-state index is -0.311. The third kappa shape index (κ3) is 8.36. The highest BCUT2D eigenvalue weighted by atomic mass is 33.1. The van der Waals surface area contributed by atoms with E-state index in [0.29, 0.717) is 40.4 Å². The molecule has 2 amide bonds. The third-order valence-electron chi connectivity index (χ3n) is 8.36. The maximum atomic E-state index is 12.3. The molecule has 2 aromatic rings. The van der Waals surface area contributed by atoms with Crippen LogP contribution in [-0.2, 0) is 23.9 Å². The monoisotopic (exact) mass is 669 g/mol. The van der Waals surface area contributed by atoms with E-state index >= 15 is 0 Å². The number of benzene rings is 2. The summed E-state index contributed by atoms with van der Waals surface area (Å²) in [5, 5.41) is 2.15. The first kappa shape index (κ1) is 33.2. The zero-order chi connectivity index (χ0) is 31.1. The first-order valence-corrected chi connectivity index (χ1v) is 19.9. The Kier molecular flexibility index (Phi) is 12.0. The van der Waals surface area contributed by atoms with Crippen molar-refractivity contribution in [3.05, 3.63) is 71.8 Å². The summed E-state index contributed by atoms with van der Waals surface area (Å²) in [5.41, 5.74) is 5.09. The zero-order valence-corrected chi connectivity index (χ0v) is 28.4. The molecular weight excluding hydrogens is 631 g/mol. The Hall–Kier alpha value is -2.14. The molecule has 2 fully saturated rings. The lowest BCUT2D eigenvalue weighted by atomic mass is 9.98. The van der Waals surface area contributed by atoms with Gasteiger partial charge in [-0.25, -0.2) is 0 Å². The average Bonchev–Trinajstić information content (AvgIpc) is 3.82. The Bertz CT molecular complexity index is 1330. The number of ketones is 1. The second-order valence-electron chi connectivity index (χ2n) is 11.4. The Morgan fingerprint density at radius 3 is 1.77 bits per heavy atom. The van der Waals surface area contributed by atoms with Crippen LogP contribution in [0.4, 0.5) is 0 Å². The normalized spacial score (nSPS) is 23.8. The summed E-state index contributed by atoms with van der Waals surface area (Å²) in [7, 11) is 7.45. The molecule has 10 heteroatoms. The lowest BCUT2D eigenvalue weighted by Gasteiger charge is -2.15. The Balaban J connectivity index is 0.000000182. The first-order chi connectivity index (χ1) is 21.4. The number of nitrogens with zero attached hydrogens (tertiary/aromatic N) is 1. The van der Waals surface area contributed by atoms with Gasteiger partial charge in [0, 0.05) is 58.5 Å². The van der Waals surface area contributed by atoms with Gasteiger partial charge in [0.15, 0.2) is 0 Å². The van der Waals surface area contributed by atoms with Crippen LogP contribution >= 0.6 is 43.2 Å². The van der Waals surface area contributed by atoms with Crippen molar-refractivity contribution in [2.45, 2.75) is 85.7 Å². The highest BCUT2D eigenvalue weighted by Gasteiger charge is 2.31. The highest BCUT2D eigenvalue weighted by molar-refractivity contribution is 8.77. The number of carbonyl (C=O) groups is 4. The molecule has 0 spiro atoms. The molecule has 0 radical (unpaired) electrons. The molecule has 2 saturated heterocycles. The van der Waals surface area contributed by atoms with Crippen LogP contribution in [0.2, 0.25) is 0 Å². The van der Waals surface area contributed by atoms with Crippen molar-refractivity contribution in [1.29, 1.82) is 0 Å². The largest absolute Gasteiger partial charge is 0.465 e. The van der Waals surface area contributed by atoms with Gasteiger partial charge in [0.2, 0.25) is 0 Å². The van der Waals surface area contributed by atoms with Gasteiger partial charge in [0.25, 0.3) is 11.8 Å². The van der Waals surface area contributed by atoms with Gasteiger partial charge >= 0.3 is 5.97 Å². The molecule has 6 rings (SSSR count). The summed E-state index contributed by atoms with van der Waals surface area (Å²) in [4.78, 5) is 48.0. The lowest BCUT2D eigenvalue weighted by Crippen LogP contribution is -2.32. The average molecular weight is 670 g/mol. The van der Waals surface area contributed by atoms with E-state index in [2.05, 4.69) is 62.4 Å². The van der Waals surface area contributed by atoms with Crippen LogP contribution < -0.4 is 0 Å². The van der Waals surface area contributed by atoms with Gasteiger partial charge in [-0.15, -0.1) is 0 Å². The van der Waals surface area contributed by atoms with E-state index in [4.69, 9.17) is 4.74 Å². The lowest BCUT2D eigenvalue weighted by molar-refractivity contribution is -0.144. The fraction of sp³-hybridized carbons (Fsp3) is 0.471. The van der Waals surface area contributed by atoms with Crippen LogP contribution in [0.5, 0.6) is 0 Å². The maximum absolute atomic E-state index is 12.3. The van der Waals surface area contributed by atoms with Crippen LogP contribution in [0.3, 0.4) is 0 Å². The number of fused-ring (bicyclic) bond motifs is 3. The van der Waals surface area contributed by atoms with Crippen molar-refractivity contribution in [2.75, 3.05) is 13.2 Å². The summed E-state index contributed by atoms with van der Waals surface area (Å²) < 4.78 is 5.71. The molecule has 4 aliphatic rings. The second-order valence-corrected chi connectivity index (χ2v) is 17.2. The van der Waals surface area contributed by atoms with Gasteiger partial charge < -0.3 is 4.74 Å². The number of hydrogen-bond donors (Lipinski definition) is 0. The number of hydrogen-bond acceptors (Lipinski definition) is 9. The van der Waals surface area contributed by atoms with E-state index in [0.717, 1.165) is 24.2 Å². The standard InChI is InChI=1S/C21H22O2S2.C13H17NO3S2/c1-2-14-11-15(25-24-14)12-21(22)23-13-20-18-9-5-3-7-16(18)17-8-4-6-10-19(17)20;1-2-10-8-11(19-18-10)7-9(15)5-6-14-12(16)3-4-13(14)17/h3-10,14-15,20H,2,11-13H2,1H3;3-4,10-11H,2,5-8H2,1H3. The molecule has 1 aliphatic carbocycles. The van der Waals surface area contributed by atoms with Gasteiger partial charge in [-0.1, -0.05) is 106 Å². The Morgan fingerprint density at radius 2 is 1.25 bits per heavy atom. The summed E-state index contributed by atoms with van der Waals surface area (Å²) in [5.74, 6) is -0.381. The summed E-state index contributed by atoms with van der Waals surface area (Å²) in [6.07, 6.45) is 8.39. The first-order valence-electron chi connectivity index (χ1n) is 15.4. The molecule has 3 heterocycles. The van der Waals surface area contributed by atoms with Crippen molar-refractivity contribution in [3.63, 3.8) is 0 Å². The summed E-state index contributed by atoms with van der Waals surface area (Å²) >= 11 is 0. The molecule has 0 saturated carbocycles. The third-order valence-corrected chi connectivity index (χ3v) is 15.4. The molecule has 0 N–H and O–H groups in total. The van der Waals surface area contributed by atoms with Gasteiger partial charge in [0.05, 0.1) is 6.42 Å². The predicted octanol–water partition coefficient (Wildman–Crippen LogP) is 7.86. The van der Waals surface area contributed by atoms with E-state index in [1.54, 1.807) is 10.8 Å². The molecule has 3 aliphatic heterocycles. The van der Waals surface area contributed by atoms with Crippen molar-refractivity contribution >= 4 is 66.7 Å². The van der Waals surface area contributed by atoms with Crippen LogP contribution in [-0.4, -0.2) is 62.6 Å². The highest BCUT2D eigenvalue weighted by Crippen LogP contribution is 2.47. The van der Waals surface area contributed by atoms with Crippen LogP contribution in [0, 0.1) is 0 Å². The molecular formula is C34H39NO5S4. The number of Topliss-reactive ketones (excluding diaryl/α,β-unsaturated/α-hetero) is 1. The molecule has 4 atom stereocenters. The maximum Gasteiger partial charge on any atom is 0.306 e. The topological polar surface area (TPSA) is 80.8 Å². The Labute approximate surface area is 276 Å². The minimum absolute atomic E-state index is 0.0586. The number of imide groups is 1. The van der Waals surface area contributed by atoms with Gasteiger partial charge in [-0.2, -0.15) is 0 Å². The second kappa shape index (κ2) is 15.9. The summed E-state index contributed by atoms with van der Waals surface area (Å²) in [6, 6.07) is 16.9. The van der Waals surface area contributed by atoms with Crippen molar-refractivity contribution in [3.8, 4) is 11.1 Å². The minimum Gasteiger partial charge on any atom is -0.465 e. The van der Waals surface area contributed by atoms with Crippen LogP contribution in [0.25, 0.3) is 11.1 Å². The summed E-state index contributed by atoms with van der Waals surface area (Å²) in [6.45, 7) is 5.04. The van der Waals surface area contributed by atoms with E-state index in [1.807, 2.05) is 32.4 Å². The number of amides is 2. The zero-order valence-electron chi connectivity index (χ0n) is 25.1. The Morgan fingerprint density at radius 1 is 0.750 bits per heavy atom. The SMILES string of the molecule is CCC1CC(CC(=O)CCN2C(=O)C=CC2=O)SS1.CCC1CC(CC(=O)OCC2c3ccccc3-c3ccccc32)SS1. The van der Waals surface area contributed by atoms with Crippen LogP contribution in [0.1, 0.15) is 75.8 Å².